The number of methoxy groups -OCH3 is 8. The lowest BCUT2D eigenvalue weighted by molar-refractivity contribution is -0.161. The Labute approximate surface area is 755 Å². The zero-order valence-corrected chi connectivity index (χ0v) is 74.3. The first-order chi connectivity index (χ1) is 66.8. The molecule has 0 amide bonds. The van der Waals surface area contributed by atoms with Gasteiger partial charge < -0.3 is 79.8 Å². The molecule has 4 aromatic carbocycles. The van der Waals surface area contributed by atoms with E-state index in [1.165, 1.54) is 86.5 Å². The number of nitrogens with zero attached hydrogens (tertiary/aromatic N) is 4. The highest BCUT2D eigenvalue weighted by Gasteiger charge is 2.47. The van der Waals surface area contributed by atoms with Crippen LogP contribution in [0.15, 0.2) is 48.5 Å². The van der Waals surface area contributed by atoms with Crippen LogP contribution < -0.4 is 60.8 Å². The summed E-state index contributed by atoms with van der Waals surface area (Å²) in [6, 6.07) is 3.78. The molecule has 16 atom stereocenters. The molecule has 24 nitrogen and oxygen atoms in total. The van der Waals surface area contributed by atoms with Gasteiger partial charge in [0.1, 0.15) is 48.6 Å². The van der Waals surface area contributed by atoms with Crippen molar-refractivity contribution in [2.24, 2.45) is 93.9 Å². The van der Waals surface area contributed by atoms with Crippen LogP contribution in [-0.2, 0) is 63.8 Å². The van der Waals surface area contributed by atoms with Crippen LogP contribution in [0.4, 0.5) is 0 Å². The maximum Gasteiger partial charge on any atom is 0.323 e. The number of rotatable bonds is 28. The summed E-state index contributed by atoms with van der Waals surface area (Å²) in [4.78, 5) is 57.3. The van der Waals surface area contributed by atoms with Gasteiger partial charge in [0, 0.05) is 153 Å². The SMILES string of the molecule is [2H]C([2H])([2H])Oc1cc2c(cc1OC)C1N(CC2)C([2H])([2H])C([2H])(CC(C)C)C(OC(=O)[C@@H](N)C(C)C)C1([2H])[2H].[2H]C([2H])([2H])Oc1cc2c(cc1OC)C1N(CC2)C([2H])([2H])C([2H])(CC(C)C)C(OC(=O)[C@@H](N)C(C)C)C1([2H])[2H].[2H]C1([2H])C2c3cc(OC)c(OC)cc3CCN2C([2H])([2H])C([2H])(CC(C)C)C1OC(=O)[C@@H](N)C(C)C.[2H]C1([2H])C2c3cc(OC)c(OC)cc3CCN2C([2H])([2H])C([2H])(CC(C)C)C1OC(=O)[C@@H](N)C(C)C. The molecule has 4 saturated heterocycles. The summed E-state index contributed by atoms with van der Waals surface area (Å²) in [5.74, 6) is -12.0. The number of hydrogen-bond donors (Lipinski definition) is 4. The minimum absolute atomic E-state index is 0.00359. The Morgan fingerprint density at radius 1 is 0.333 bits per heavy atom. The fourth-order valence-electron chi connectivity index (χ4n) is 15.4. The largest absolute Gasteiger partial charge is 0.493 e. The smallest absolute Gasteiger partial charge is 0.323 e. The molecule has 4 fully saturated rings. The lowest BCUT2D eigenvalue weighted by Gasteiger charge is -2.47. The van der Waals surface area contributed by atoms with E-state index in [1.54, 1.807) is 107 Å². The van der Waals surface area contributed by atoms with Crippen molar-refractivity contribution in [3.63, 3.8) is 0 Å². The number of esters is 4. The van der Waals surface area contributed by atoms with Crippen molar-refractivity contribution in [1.82, 2.24) is 19.6 Å². The number of carbonyl (C=O) groups is 4. The van der Waals surface area contributed by atoms with E-state index < -0.39 is 186 Å². The maximum absolute atomic E-state index is 13.0. The van der Waals surface area contributed by atoms with Gasteiger partial charge >= 0.3 is 23.9 Å². The van der Waals surface area contributed by atoms with Crippen molar-refractivity contribution in [2.75, 3.05) is 109 Å². The van der Waals surface area contributed by atoms with Crippen LogP contribution >= 0.6 is 0 Å². The zero-order chi connectivity index (χ0) is 111. The fraction of sp³-hybridized carbons (Fsp3) is 0.708. The first-order valence-corrected chi connectivity index (χ1v) is 42.0. The molecule has 0 saturated carbocycles. The molecule has 8 aliphatic heterocycles. The highest BCUT2D eigenvalue weighted by Crippen LogP contribution is 2.50. The van der Waals surface area contributed by atoms with Crippen LogP contribution in [0.25, 0.3) is 0 Å². The lowest BCUT2D eigenvalue weighted by atomic mass is 9.79. The van der Waals surface area contributed by atoms with E-state index in [-0.39, 0.29) is 135 Å². The Balaban J connectivity index is 0.000000217. The first-order valence-electron chi connectivity index (χ1n) is 55.0. The van der Waals surface area contributed by atoms with Crippen molar-refractivity contribution >= 4 is 23.9 Å². The molecule has 4 aromatic rings. The summed E-state index contributed by atoms with van der Waals surface area (Å²) in [6.07, 6.45) is -15.2. The Kier molecular flexibility index (Phi) is 24.0. The molecule has 0 aliphatic carbocycles. The molecule has 120 heavy (non-hydrogen) atoms. The molecule has 12 unspecified atom stereocenters. The molecule has 8 aliphatic rings. The van der Waals surface area contributed by atoms with Crippen molar-refractivity contribution in [3.8, 4) is 46.0 Å². The van der Waals surface area contributed by atoms with Crippen LogP contribution in [0, 0.1) is 70.9 Å². The van der Waals surface area contributed by atoms with Crippen molar-refractivity contribution < 1.29 is 112 Å². The van der Waals surface area contributed by atoms with Gasteiger partial charge in [-0.05, 0) is 192 Å². The lowest BCUT2D eigenvalue weighted by Crippen LogP contribution is -2.51. The van der Waals surface area contributed by atoms with Gasteiger partial charge in [0.2, 0.25) is 0 Å². The van der Waals surface area contributed by atoms with Crippen LogP contribution in [0.2, 0.25) is 0 Å². The second kappa shape index (κ2) is 43.9. The maximum atomic E-state index is 13.0. The Morgan fingerprint density at radius 2 is 0.517 bits per heavy atom. The molecule has 12 rings (SSSR count). The van der Waals surface area contributed by atoms with Gasteiger partial charge in [-0.2, -0.15) is 0 Å². The number of ether oxygens (including phenoxy) is 12. The van der Waals surface area contributed by atoms with Gasteiger partial charge in [0.05, 0.1) is 65.0 Å². The third kappa shape index (κ3) is 23.8. The van der Waals surface area contributed by atoms with Gasteiger partial charge in [0.15, 0.2) is 46.0 Å². The van der Waals surface area contributed by atoms with E-state index in [9.17, 15) is 35.6 Å². The normalized spacial score (nSPS) is 34.1. The first kappa shape index (κ1) is 65.5. The number of hydrogen-bond acceptors (Lipinski definition) is 24. The molecule has 8 heterocycles. The van der Waals surface area contributed by atoms with Crippen LogP contribution in [0.3, 0.4) is 0 Å². The van der Waals surface area contributed by atoms with Crippen LogP contribution in [-0.4, -0.2) is 201 Å². The predicted octanol–water partition coefficient (Wildman–Crippen LogP) is 14.3. The number of nitrogens with two attached hydrogens (primary N) is 4. The molecule has 0 bridgehead atoms. The minimum atomic E-state index is -2.74. The highest BCUT2D eigenvalue weighted by atomic mass is 16.6. The van der Waals surface area contributed by atoms with Gasteiger partial charge in [-0.25, -0.2) is 0 Å². The van der Waals surface area contributed by atoms with E-state index in [4.69, 9.17) is 99.0 Å². The number of benzene rings is 4. The standard InChI is InChI=1S/4C24H38N2O4/c4*1-14(2)9-17-13-26-8-7-16-10-21(28-5)22(29-6)11-18(16)19(26)12-20(17)30-24(27)23(25)15(3)4/h4*10-11,14-15,17,19-20,23H,7-9,12-13,25H2,1-6H3/t4*17?,19?,20?,23-/m0000/s1/i2*5D3,12D2,13D2,17D;2*12D2,13D2,17D. The number of carbonyl (C=O) groups excluding carboxylic acids is 4. The Hall–Kier alpha value is -7.16. The highest BCUT2D eigenvalue weighted by molar-refractivity contribution is 5.77. The fourth-order valence-corrected chi connectivity index (χ4v) is 15.4. The summed E-state index contributed by atoms with van der Waals surface area (Å²) in [6.45, 7) is 19.5. The van der Waals surface area contributed by atoms with Crippen LogP contribution in [0.1, 0.15) is 266 Å². The summed E-state index contributed by atoms with van der Waals surface area (Å²) < 4.78 is 294. The van der Waals surface area contributed by atoms with E-state index in [0.29, 0.717) is 69.2 Å². The number of fused-ring (bicyclic) bond motifs is 12. The quantitative estimate of drug-likeness (QED) is 0.0303. The second-order valence-corrected chi connectivity index (χ2v) is 34.8. The predicted molar refractivity (Wildman–Crippen MR) is 471 cm³/mol. The monoisotopic (exact) mass is 1700 g/mol. The number of piperidine rings is 4. The molecule has 8 N–H and O–H groups in total. The van der Waals surface area contributed by atoms with Crippen molar-refractivity contribution in [1.29, 1.82) is 0 Å². The van der Waals surface area contributed by atoms with Crippen LogP contribution in [0.5, 0.6) is 46.0 Å². The van der Waals surface area contributed by atoms with Gasteiger partial charge in [-0.1, -0.05) is 111 Å². The average Bonchev–Trinajstić information content (AvgIpc) is 0.695. The molecule has 672 valence electrons. The third-order valence-electron chi connectivity index (χ3n) is 22.3. The minimum Gasteiger partial charge on any atom is -0.493 e. The van der Waals surface area contributed by atoms with Gasteiger partial charge in [-0.15, -0.1) is 0 Å². The third-order valence-corrected chi connectivity index (χ3v) is 22.3. The summed E-state index contributed by atoms with van der Waals surface area (Å²) in [7, 11) is 3.16. The van der Waals surface area contributed by atoms with E-state index in [0.717, 1.165) is 11.1 Å². The van der Waals surface area contributed by atoms with E-state index in [2.05, 4.69) is 0 Å². The topological polar surface area (TPSA) is 296 Å². The Morgan fingerprint density at radius 3 is 0.683 bits per heavy atom. The summed E-state index contributed by atoms with van der Waals surface area (Å²) >= 11 is 0. The molecule has 0 radical (unpaired) electrons. The van der Waals surface area contributed by atoms with Crippen molar-refractivity contribution in [3.05, 3.63) is 93.0 Å². The molecule has 24 heteroatoms. The van der Waals surface area contributed by atoms with Gasteiger partial charge in [-0.3, -0.25) is 38.8 Å². The second-order valence-electron chi connectivity index (χ2n) is 34.8. The molecule has 0 spiro atoms. The molecule has 0 aromatic heterocycles. The molecular formula is C96H152N8O16. The van der Waals surface area contributed by atoms with Crippen molar-refractivity contribution in [2.45, 2.75) is 260 Å². The summed E-state index contributed by atoms with van der Waals surface area (Å²) in [5.41, 5.74) is 28.5. The van der Waals surface area contributed by atoms with E-state index >= 15 is 0 Å². The summed E-state index contributed by atoms with van der Waals surface area (Å²) in [5, 5.41) is 0. The molecular weight excluding hydrogens is 1520 g/mol. The average molecular weight is 1700 g/mol. The van der Waals surface area contributed by atoms with Gasteiger partial charge in [0.25, 0.3) is 0 Å². The van der Waals surface area contributed by atoms with E-state index in [1.807, 2.05) is 27.7 Å². The zero-order valence-electron chi connectivity index (χ0n) is 100. The Bertz CT molecular complexity index is 4960.